The lowest BCUT2D eigenvalue weighted by atomic mass is 10.1. The van der Waals surface area contributed by atoms with Crippen LogP contribution >= 0.6 is 0 Å². The third kappa shape index (κ3) is 6.30. The Labute approximate surface area is 147 Å². The molecule has 2 aromatic carbocycles. The molecule has 132 valence electrons. The first-order valence-electron chi connectivity index (χ1n) is 8.30. The lowest BCUT2D eigenvalue weighted by Crippen LogP contribution is -2.24. The van der Waals surface area contributed by atoms with Crippen molar-refractivity contribution in [1.82, 2.24) is 5.32 Å². The number of methoxy groups -OCH3 is 1. The fourth-order valence-electron chi connectivity index (χ4n) is 2.47. The van der Waals surface area contributed by atoms with Crippen molar-refractivity contribution < 1.29 is 19.4 Å². The molecular formula is C20H23NO4. The van der Waals surface area contributed by atoms with Crippen molar-refractivity contribution in [3.8, 4) is 5.75 Å². The van der Waals surface area contributed by atoms with Gasteiger partial charge in [0.1, 0.15) is 5.75 Å². The molecule has 25 heavy (non-hydrogen) atoms. The van der Waals surface area contributed by atoms with E-state index in [2.05, 4.69) is 5.32 Å². The number of carboxylic acids is 1. The Morgan fingerprint density at radius 3 is 2.16 bits per heavy atom. The molecule has 0 aliphatic rings. The summed E-state index contributed by atoms with van der Waals surface area (Å²) >= 11 is 0. The monoisotopic (exact) mass is 341 g/mol. The Morgan fingerprint density at radius 1 is 0.960 bits per heavy atom. The highest BCUT2D eigenvalue weighted by Gasteiger charge is 2.04. The van der Waals surface area contributed by atoms with Crippen molar-refractivity contribution in [1.29, 1.82) is 0 Å². The van der Waals surface area contributed by atoms with Crippen molar-refractivity contribution in [2.45, 2.75) is 25.7 Å². The molecule has 0 fully saturated rings. The van der Waals surface area contributed by atoms with Gasteiger partial charge in [0.15, 0.2) is 0 Å². The maximum Gasteiger partial charge on any atom is 0.335 e. The molecule has 5 nitrogen and oxygen atoms in total. The molecule has 1 amide bonds. The van der Waals surface area contributed by atoms with Gasteiger partial charge in [-0.05, 0) is 54.7 Å². The largest absolute Gasteiger partial charge is 0.497 e. The average molecular weight is 341 g/mol. The van der Waals surface area contributed by atoms with Gasteiger partial charge in [-0.1, -0.05) is 24.3 Å². The Morgan fingerprint density at radius 2 is 1.56 bits per heavy atom. The van der Waals surface area contributed by atoms with Gasteiger partial charge in [-0.15, -0.1) is 0 Å². The number of carbonyl (C=O) groups excluding carboxylic acids is 1. The zero-order chi connectivity index (χ0) is 18.1. The number of aromatic carboxylic acids is 1. The number of rotatable bonds is 9. The smallest absolute Gasteiger partial charge is 0.335 e. The number of carboxylic acid groups (broad SMARTS) is 1. The standard InChI is InChI=1S/C20H23NO4/c1-25-18-11-6-15(7-12-18)3-2-14-21-19(22)13-8-16-4-9-17(10-5-16)20(23)24/h4-7,9-12H,2-3,8,13-14H2,1H3,(H,21,22)(H,23,24). The Hall–Kier alpha value is -2.82. The van der Waals surface area contributed by atoms with E-state index < -0.39 is 5.97 Å². The van der Waals surface area contributed by atoms with E-state index in [0.29, 0.717) is 19.4 Å². The van der Waals surface area contributed by atoms with Crippen LogP contribution in [0.15, 0.2) is 48.5 Å². The molecule has 0 unspecified atom stereocenters. The summed E-state index contributed by atoms with van der Waals surface area (Å²) in [7, 11) is 1.64. The first kappa shape index (κ1) is 18.5. The molecule has 0 spiro atoms. The van der Waals surface area contributed by atoms with Crippen LogP contribution in [0.4, 0.5) is 0 Å². The minimum atomic E-state index is -0.943. The quantitative estimate of drug-likeness (QED) is 0.687. The van der Waals surface area contributed by atoms with Crippen LogP contribution in [0.25, 0.3) is 0 Å². The van der Waals surface area contributed by atoms with Crippen molar-refractivity contribution in [2.24, 2.45) is 0 Å². The van der Waals surface area contributed by atoms with E-state index in [-0.39, 0.29) is 11.5 Å². The number of aryl methyl sites for hydroxylation is 2. The Kier molecular flexibility index (Phi) is 7.01. The Balaban J connectivity index is 1.64. The van der Waals surface area contributed by atoms with Crippen molar-refractivity contribution in [3.05, 3.63) is 65.2 Å². The van der Waals surface area contributed by atoms with Gasteiger partial charge < -0.3 is 15.2 Å². The lowest BCUT2D eigenvalue weighted by molar-refractivity contribution is -0.121. The van der Waals surface area contributed by atoms with Crippen LogP contribution in [-0.2, 0) is 17.6 Å². The highest BCUT2D eigenvalue weighted by Crippen LogP contribution is 2.12. The third-order valence-corrected chi connectivity index (χ3v) is 3.97. The second-order valence-corrected chi connectivity index (χ2v) is 5.80. The summed E-state index contributed by atoms with van der Waals surface area (Å²) in [6, 6.07) is 14.5. The van der Waals surface area contributed by atoms with Gasteiger partial charge in [0.25, 0.3) is 0 Å². The summed E-state index contributed by atoms with van der Waals surface area (Å²) < 4.78 is 5.12. The SMILES string of the molecule is COc1ccc(CCCNC(=O)CCc2ccc(C(=O)O)cc2)cc1. The van der Waals surface area contributed by atoms with E-state index in [1.165, 1.54) is 5.56 Å². The average Bonchev–Trinajstić information content (AvgIpc) is 2.64. The molecule has 0 aliphatic heterocycles. The number of hydrogen-bond acceptors (Lipinski definition) is 3. The molecular weight excluding hydrogens is 318 g/mol. The van der Waals surface area contributed by atoms with Crippen molar-refractivity contribution >= 4 is 11.9 Å². The molecule has 5 heteroatoms. The van der Waals surface area contributed by atoms with Gasteiger partial charge in [-0.25, -0.2) is 4.79 Å². The zero-order valence-electron chi connectivity index (χ0n) is 14.3. The summed E-state index contributed by atoms with van der Waals surface area (Å²) in [5, 5.41) is 11.8. The molecule has 0 atom stereocenters. The molecule has 0 saturated heterocycles. The molecule has 0 bridgehead atoms. The van der Waals surface area contributed by atoms with E-state index in [0.717, 1.165) is 24.2 Å². The minimum absolute atomic E-state index is 0.0112. The summed E-state index contributed by atoms with van der Waals surface area (Å²) in [5.74, 6) is -0.0911. The predicted octanol–water partition coefficient (Wildman–Crippen LogP) is 3.08. The predicted molar refractivity (Wildman–Crippen MR) is 96.0 cm³/mol. The highest BCUT2D eigenvalue weighted by molar-refractivity contribution is 5.87. The second-order valence-electron chi connectivity index (χ2n) is 5.80. The van der Waals surface area contributed by atoms with E-state index in [9.17, 15) is 9.59 Å². The van der Waals surface area contributed by atoms with Gasteiger partial charge in [0.05, 0.1) is 12.7 Å². The van der Waals surface area contributed by atoms with Crippen LogP contribution < -0.4 is 10.1 Å². The highest BCUT2D eigenvalue weighted by atomic mass is 16.5. The fraction of sp³-hybridized carbons (Fsp3) is 0.300. The summed E-state index contributed by atoms with van der Waals surface area (Å²) in [6.45, 7) is 0.642. The molecule has 2 rings (SSSR count). The van der Waals surface area contributed by atoms with Crippen molar-refractivity contribution in [3.63, 3.8) is 0 Å². The molecule has 0 saturated carbocycles. The van der Waals surface area contributed by atoms with Crippen LogP contribution in [0, 0.1) is 0 Å². The summed E-state index contributed by atoms with van der Waals surface area (Å²) in [6.07, 6.45) is 2.78. The van der Waals surface area contributed by atoms with Crippen LogP contribution in [0.5, 0.6) is 5.75 Å². The van der Waals surface area contributed by atoms with Crippen molar-refractivity contribution in [2.75, 3.05) is 13.7 Å². The zero-order valence-corrected chi connectivity index (χ0v) is 14.3. The summed E-state index contributed by atoms with van der Waals surface area (Å²) in [4.78, 5) is 22.7. The van der Waals surface area contributed by atoms with E-state index in [1.807, 2.05) is 24.3 Å². The first-order chi connectivity index (χ1) is 12.1. The second kappa shape index (κ2) is 9.47. The van der Waals surface area contributed by atoms with Gasteiger partial charge in [0, 0.05) is 13.0 Å². The number of hydrogen-bond donors (Lipinski definition) is 2. The summed E-state index contributed by atoms with van der Waals surface area (Å²) in [5.41, 5.74) is 2.43. The topological polar surface area (TPSA) is 75.6 Å². The normalized spacial score (nSPS) is 10.3. The third-order valence-electron chi connectivity index (χ3n) is 3.97. The maximum absolute atomic E-state index is 11.9. The number of benzene rings is 2. The number of ether oxygens (including phenoxy) is 1. The van der Waals surface area contributed by atoms with Gasteiger partial charge >= 0.3 is 5.97 Å². The number of nitrogens with one attached hydrogen (secondary N) is 1. The minimum Gasteiger partial charge on any atom is -0.497 e. The van der Waals surface area contributed by atoms with Crippen LogP contribution in [-0.4, -0.2) is 30.6 Å². The first-order valence-corrected chi connectivity index (χ1v) is 8.30. The van der Waals surface area contributed by atoms with E-state index in [1.54, 1.807) is 31.4 Å². The van der Waals surface area contributed by atoms with E-state index in [4.69, 9.17) is 9.84 Å². The maximum atomic E-state index is 11.9. The van der Waals surface area contributed by atoms with Crippen LogP contribution in [0.1, 0.15) is 34.3 Å². The van der Waals surface area contributed by atoms with Gasteiger partial charge in [0.2, 0.25) is 5.91 Å². The molecule has 0 radical (unpaired) electrons. The van der Waals surface area contributed by atoms with Crippen LogP contribution in [0.2, 0.25) is 0 Å². The van der Waals surface area contributed by atoms with Crippen LogP contribution in [0.3, 0.4) is 0 Å². The molecule has 0 aromatic heterocycles. The number of carbonyl (C=O) groups is 2. The fourth-order valence-corrected chi connectivity index (χ4v) is 2.47. The van der Waals surface area contributed by atoms with Gasteiger partial charge in [-0.2, -0.15) is 0 Å². The molecule has 0 aliphatic carbocycles. The Bertz CT molecular complexity index is 693. The molecule has 2 N–H and O–H groups in total. The lowest BCUT2D eigenvalue weighted by Gasteiger charge is -2.06. The molecule has 2 aromatic rings. The molecule has 0 heterocycles. The number of amides is 1. The van der Waals surface area contributed by atoms with Gasteiger partial charge in [-0.3, -0.25) is 4.79 Å². The van der Waals surface area contributed by atoms with E-state index >= 15 is 0 Å².